The van der Waals surface area contributed by atoms with Crippen LogP contribution in [0.2, 0.25) is 0 Å². The highest BCUT2D eigenvalue weighted by atomic mass is 35.5. The Bertz CT molecular complexity index is 780. The van der Waals surface area contributed by atoms with Gasteiger partial charge in [0.25, 0.3) is 0 Å². The number of carbonyl (C=O) groups excluding carboxylic acids is 2. The number of esters is 1. The maximum absolute atomic E-state index is 13.3. The van der Waals surface area contributed by atoms with E-state index in [1.807, 2.05) is 7.05 Å². The number of likely N-dealkylation sites (N-methyl/N-ethyl adjacent to an activating group) is 1. The van der Waals surface area contributed by atoms with Gasteiger partial charge in [-0.05, 0) is 45.4 Å². The zero-order valence-electron chi connectivity index (χ0n) is 27.2. The van der Waals surface area contributed by atoms with E-state index in [1.165, 1.54) is 63.1 Å². The maximum Gasteiger partial charge on any atom is 0.306 e. The number of nitrogens with zero attached hydrogens (tertiary/aromatic N) is 1. The molecule has 0 spiro atoms. The lowest BCUT2D eigenvalue weighted by atomic mass is 9.92. The summed E-state index contributed by atoms with van der Waals surface area (Å²) in [5.74, 6) is -0.0766. The fraction of sp³-hybridized carbons (Fsp3) is 0.938. The number of amides is 1. The van der Waals surface area contributed by atoms with E-state index in [1.54, 1.807) is 13.2 Å². The molecule has 0 aliphatic carbocycles. The van der Waals surface area contributed by atoms with Crippen molar-refractivity contribution in [3.8, 4) is 0 Å². The van der Waals surface area contributed by atoms with E-state index in [-0.39, 0.29) is 30.8 Å². The van der Waals surface area contributed by atoms with E-state index in [0.29, 0.717) is 5.92 Å². The van der Waals surface area contributed by atoms with Gasteiger partial charge in [0.2, 0.25) is 5.91 Å². The molecular weight excluding hydrogens is 611 g/mol. The average Bonchev–Trinajstić information content (AvgIpc) is 3.33. The Kier molecular flexibility index (Phi) is 21.1. The van der Waals surface area contributed by atoms with E-state index in [9.17, 15) is 19.8 Å². The van der Waals surface area contributed by atoms with E-state index in [4.69, 9.17) is 21.1 Å². The van der Waals surface area contributed by atoms with Crippen LogP contribution in [0.1, 0.15) is 117 Å². The number of likely N-dealkylation sites (tertiary alicyclic amines) is 1. The molecule has 0 aromatic rings. The standard InChI is InChI=1S/C32H59ClN2O6S.ClH/c1-6-8-9-10-11-12-13-14-15-16-17-19-25(36)40-30-28(38)27(37)29(41-32(30)42-5)26(22(3)33)34-31(39)24-20-23(18-7-2)21-35(24)4;/h22-24,26-30,32,37-38H,6-21H2,1-5H3,(H,34,39);1H/t22-,23+,24-,26+,27+,28-,29+,30+,32+;/m0./s1. The molecule has 254 valence electrons. The summed E-state index contributed by atoms with van der Waals surface area (Å²) in [6, 6.07) is -1.00. The van der Waals surface area contributed by atoms with Gasteiger partial charge in [0.05, 0.1) is 17.5 Å². The molecule has 2 aliphatic heterocycles. The number of rotatable bonds is 20. The SMILES string of the molecule is CCCCCCCCCCCCCC(=O)O[C@@H]1[C@@H](O)[C@@H](O)[C@@H]([C@H](NC(=O)[C@@H]2C[C@@H](CCC)CN2C)[C@H](C)Cl)O[C@@H]1SC.Cl. The third-order valence-electron chi connectivity index (χ3n) is 8.86. The number of aliphatic hydroxyl groups is 2. The van der Waals surface area contributed by atoms with Gasteiger partial charge in [-0.15, -0.1) is 35.8 Å². The molecule has 0 aromatic carbocycles. The molecule has 2 fully saturated rings. The van der Waals surface area contributed by atoms with Gasteiger partial charge < -0.3 is 25.0 Å². The lowest BCUT2D eigenvalue weighted by Gasteiger charge is -2.45. The van der Waals surface area contributed by atoms with Crippen molar-refractivity contribution < 1.29 is 29.3 Å². The zero-order chi connectivity index (χ0) is 31.1. The number of carbonyl (C=O) groups is 2. The van der Waals surface area contributed by atoms with E-state index >= 15 is 0 Å². The smallest absolute Gasteiger partial charge is 0.306 e. The number of hydrogen-bond acceptors (Lipinski definition) is 8. The Morgan fingerprint density at radius 2 is 1.58 bits per heavy atom. The molecule has 3 N–H and O–H groups in total. The summed E-state index contributed by atoms with van der Waals surface area (Å²) in [6.07, 6.45) is 13.4. The van der Waals surface area contributed by atoms with Crippen LogP contribution in [0.25, 0.3) is 0 Å². The van der Waals surface area contributed by atoms with Crippen LogP contribution in [0.5, 0.6) is 0 Å². The van der Waals surface area contributed by atoms with Crippen molar-refractivity contribution in [1.82, 2.24) is 10.2 Å². The highest BCUT2D eigenvalue weighted by Gasteiger charge is 2.50. The van der Waals surface area contributed by atoms with Crippen LogP contribution < -0.4 is 5.32 Å². The minimum absolute atomic E-state index is 0. The first-order chi connectivity index (χ1) is 20.1. The molecule has 0 saturated carbocycles. The van der Waals surface area contributed by atoms with Crippen LogP contribution in [-0.4, -0.2) is 94.2 Å². The van der Waals surface area contributed by atoms with E-state index in [2.05, 4.69) is 24.1 Å². The summed E-state index contributed by atoms with van der Waals surface area (Å²) >= 11 is 7.81. The molecule has 0 unspecified atom stereocenters. The second-order valence-electron chi connectivity index (χ2n) is 12.5. The van der Waals surface area contributed by atoms with Crippen molar-refractivity contribution in [1.29, 1.82) is 0 Å². The second kappa shape index (κ2) is 22.3. The first kappa shape index (κ1) is 40.7. The van der Waals surface area contributed by atoms with Crippen LogP contribution >= 0.6 is 35.8 Å². The summed E-state index contributed by atoms with van der Waals surface area (Å²) in [7, 11) is 1.95. The van der Waals surface area contributed by atoms with Crippen LogP contribution in [0.15, 0.2) is 0 Å². The Morgan fingerprint density at radius 1 is 1.00 bits per heavy atom. The number of halogens is 2. The summed E-state index contributed by atoms with van der Waals surface area (Å²) < 4.78 is 11.8. The molecule has 9 atom stereocenters. The van der Waals surface area contributed by atoms with Gasteiger partial charge >= 0.3 is 5.97 Å². The molecule has 2 heterocycles. The van der Waals surface area contributed by atoms with Gasteiger partial charge in [-0.3, -0.25) is 14.5 Å². The van der Waals surface area contributed by atoms with Crippen LogP contribution in [0.4, 0.5) is 0 Å². The number of aliphatic hydroxyl groups excluding tert-OH is 2. The number of unbranched alkanes of at least 4 members (excludes halogenated alkanes) is 10. The van der Waals surface area contributed by atoms with Gasteiger partial charge in [0.15, 0.2) is 6.10 Å². The summed E-state index contributed by atoms with van der Waals surface area (Å²) in [6.45, 7) is 6.99. The summed E-state index contributed by atoms with van der Waals surface area (Å²) in [5.41, 5.74) is -0.701. The molecule has 2 rings (SSSR count). The largest absolute Gasteiger partial charge is 0.456 e. The van der Waals surface area contributed by atoms with Crippen molar-refractivity contribution in [3.05, 3.63) is 0 Å². The topological polar surface area (TPSA) is 108 Å². The van der Waals surface area contributed by atoms with Gasteiger partial charge in [-0.25, -0.2) is 0 Å². The number of ether oxygens (including phenoxy) is 2. The average molecular weight is 672 g/mol. The highest BCUT2D eigenvalue weighted by Crippen LogP contribution is 2.33. The van der Waals surface area contributed by atoms with Gasteiger partial charge in [-0.2, -0.15) is 0 Å². The van der Waals surface area contributed by atoms with E-state index in [0.717, 1.165) is 45.1 Å². The fourth-order valence-electron chi connectivity index (χ4n) is 6.37. The van der Waals surface area contributed by atoms with Crippen molar-refractivity contribution in [2.75, 3.05) is 19.8 Å². The molecule has 0 radical (unpaired) electrons. The van der Waals surface area contributed by atoms with Gasteiger partial charge in [0.1, 0.15) is 23.7 Å². The molecule has 2 saturated heterocycles. The molecule has 43 heavy (non-hydrogen) atoms. The quantitative estimate of drug-likeness (QED) is 0.0815. The minimum atomic E-state index is -1.38. The molecular formula is C32H60Cl2N2O6S. The number of nitrogens with one attached hydrogen (secondary N) is 1. The van der Waals surface area contributed by atoms with E-state index < -0.39 is 47.2 Å². The zero-order valence-corrected chi connectivity index (χ0v) is 29.6. The van der Waals surface area contributed by atoms with Gasteiger partial charge in [-0.1, -0.05) is 84.5 Å². The predicted octanol–water partition coefficient (Wildman–Crippen LogP) is 6.06. The molecule has 11 heteroatoms. The van der Waals surface area contributed by atoms with Crippen molar-refractivity contribution in [3.63, 3.8) is 0 Å². The lowest BCUT2D eigenvalue weighted by Crippen LogP contribution is -2.65. The van der Waals surface area contributed by atoms with Crippen molar-refractivity contribution in [2.24, 2.45) is 5.92 Å². The Hall–Kier alpha value is -0.290. The molecule has 1 amide bonds. The monoisotopic (exact) mass is 670 g/mol. The number of alkyl halides is 1. The lowest BCUT2D eigenvalue weighted by molar-refractivity contribution is -0.218. The minimum Gasteiger partial charge on any atom is -0.456 e. The molecule has 0 bridgehead atoms. The second-order valence-corrected chi connectivity index (χ2v) is 14.1. The third-order valence-corrected chi connectivity index (χ3v) is 9.97. The molecule has 8 nitrogen and oxygen atoms in total. The van der Waals surface area contributed by atoms with Crippen LogP contribution in [0, 0.1) is 5.92 Å². The highest BCUT2D eigenvalue weighted by molar-refractivity contribution is 7.99. The Labute approximate surface area is 276 Å². The first-order valence-electron chi connectivity index (χ1n) is 16.5. The first-order valence-corrected chi connectivity index (χ1v) is 18.2. The van der Waals surface area contributed by atoms with Crippen LogP contribution in [0.3, 0.4) is 0 Å². The predicted molar refractivity (Wildman–Crippen MR) is 179 cm³/mol. The normalized spacial score (nSPS) is 29.1. The third kappa shape index (κ3) is 13.5. The fourth-order valence-corrected chi connectivity index (χ4v) is 7.30. The Morgan fingerprint density at radius 3 is 2.12 bits per heavy atom. The van der Waals surface area contributed by atoms with Crippen LogP contribution in [-0.2, 0) is 19.1 Å². The Balaban J connectivity index is 0.00000924. The summed E-state index contributed by atoms with van der Waals surface area (Å²) in [5, 5.41) is 24.6. The van der Waals surface area contributed by atoms with Gasteiger partial charge in [0, 0.05) is 13.0 Å². The molecule has 2 aliphatic rings. The van der Waals surface area contributed by atoms with Crippen molar-refractivity contribution >= 4 is 47.6 Å². The summed E-state index contributed by atoms with van der Waals surface area (Å²) in [4.78, 5) is 28.0. The van der Waals surface area contributed by atoms with Crippen molar-refractivity contribution in [2.45, 2.75) is 164 Å². The number of thioether (sulfide) groups is 1. The number of hydrogen-bond donors (Lipinski definition) is 3. The maximum atomic E-state index is 13.3. The molecule has 0 aromatic heterocycles.